The van der Waals surface area contributed by atoms with Gasteiger partial charge in [-0.05, 0) is 83.9 Å². The third-order valence-electron chi connectivity index (χ3n) is 10.1. The van der Waals surface area contributed by atoms with Crippen LogP contribution in [0.15, 0.2) is 97.1 Å². The van der Waals surface area contributed by atoms with E-state index >= 15 is 0 Å². The first-order chi connectivity index (χ1) is 33.0. The molecule has 0 aliphatic rings. The lowest BCUT2D eigenvalue weighted by Gasteiger charge is -2.41. The van der Waals surface area contributed by atoms with Crippen LogP contribution in [0.5, 0.6) is 11.5 Å². The van der Waals surface area contributed by atoms with Gasteiger partial charge in [-0.2, -0.15) is 21.3 Å². The third-order valence-corrected chi connectivity index (χ3v) is 14.6. The minimum Gasteiger partial charge on any atom is -0.481 e. The Kier molecular flexibility index (Phi) is 19.8. The van der Waals surface area contributed by atoms with E-state index in [0.717, 1.165) is 14.1 Å². The number of nitrogens with one attached hydrogen (secondary N) is 1. The summed E-state index contributed by atoms with van der Waals surface area (Å²) >= 11 is 0. The Morgan fingerprint density at radius 3 is 1.47 bits per heavy atom. The number of sulfonamides is 1. The van der Waals surface area contributed by atoms with Crippen molar-refractivity contribution in [2.45, 2.75) is 36.8 Å². The molecule has 378 valence electrons. The van der Waals surface area contributed by atoms with Crippen LogP contribution in [0.1, 0.15) is 44.7 Å². The van der Waals surface area contributed by atoms with Crippen LogP contribution in [0, 0.1) is 0 Å². The SMILES string of the molecule is CN(Cc1ccc(OC(=O)c2ccc(N)cc2)cc1)S(=O)(=O)N(CCOCCOCCN[C@@H](CC(=O)O)C(=O)O)[C@](CC(=O)O)(C(=O)O)S(=O)(=O)N(C)Cc1ccc(OC(=O)c2ccc(N)cc2)cc1. The number of nitrogen functional groups attached to an aromatic ring is 2. The molecular formula is C44H52N6O18S2. The Balaban J connectivity index is 1.59. The average molecular weight is 1020 g/mol. The predicted octanol–water partition coefficient (Wildman–Crippen LogP) is 1.54. The van der Waals surface area contributed by atoms with Gasteiger partial charge in [0.1, 0.15) is 17.5 Å². The fourth-order valence-electron chi connectivity index (χ4n) is 6.49. The third kappa shape index (κ3) is 15.0. The van der Waals surface area contributed by atoms with Crippen LogP contribution in [0.4, 0.5) is 11.4 Å². The van der Waals surface area contributed by atoms with Crippen molar-refractivity contribution in [2.75, 3.05) is 65.1 Å². The van der Waals surface area contributed by atoms with Crippen molar-refractivity contribution in [3.8, 4) is 11.5 Å². The fourth-order valence-corrected chi connectivity index (χ4v) is 10.2. The van der Waals surface area contributed by atoms with Crippen LogP contribution < -0.4 is 26.3 Å². The Labute approximate surface area is 402 Å². The normalized spacial score (nSPS) is 13.1. The molecule has 70 heavy (non-hydrogen) atoms. The lowest BCUT2D eigenvalue weighted by Crippen LogP contribution is -2.67. The minimum absolute atomic E-state index is 0.0179. The van der Waals surface area contributed by atoms with Gasteiger partial charge in [0.05, 0.1) is 50.4 Å². The molecule has 26 heteroatoms. The van der Waals surface area contributed by atoms with E-state index in [0.29, 0.717) is 20.0 Å². The number of hydrogen-bond donors (Lipinski definition) is 7. The monoisotopic (exact) mass is 1020 g/mol. The lowest BCUT2D eigenvalue weighted by molar-refractivity contribution is -0.150. The number of benzene rings is 4. The molecule has 0 aromatic heterocycles. The molecule has 0 unspecified atom stereocenters. The molecule has 0 amide bonds. The van der Waals surface area contributed by atoms with Crippen LogP contribution >= 0.6 is 0 Å². The number of carbonyl (C=O) groups excluding carboxylic acids is 2. The molecule has 0 fully saturated rings. The molecule has 0 aliphatic carbocycles. The van der Waals surface area contributed by atoms with Gasteiger partial charge in [0.2, 0.25) is 10.0 Å². The number of hydrogen-bond acceptors (Lipinski definition) is 17. The van der Waals surface area contributed by atoms with Gasteiger partial charge in [0, 0.05) is 51.6 Å². The molecule has 24 nitrogen and oxygen atoms in total. The summed E-state index contributed by atoms with van der Waals surface area (Å²) in [5.41, 5.74) is 13.0. The van der Waals surface area contributed by atoms with E-state index in [1.165, 1.54) is 97.1 Å². The maximum atomic E-state index is 14.7. The molecule has 4 aromatic carbocycles. The van der Waals surface area contributed by atoms with E-state index in [-0.39, 0.29) is 64.4 Å². The Hall–Kier alpha value is -7.04. The van der Waals surface area contributed by atoms with E-state index in [4.69, 9.17) is 35.5 Å². The van der Waals surface area contributed by atoms with Crippen molar-refractivity contribution in [2.24, 2.45) is 0 Å². The number of esters is 2. The molecule has 0 saturated carbocycles. The van der Waals surface area contributed by atoms with Crippen molar-refractivity contribution < 1.29 is 85.0 Å². The Bertz CT molecular complexity index is 2690. The summed E-state index contributed by atoms with van der Waals surface area (Å²) in [4.78, 5) is 69.8. The maximum Gasteiger partial charge on any atom is 0.343 e. The van der Waals surface area contributed by atoms with Crippen molar-refractivity contribution in [1.29, 1.82) is 0 Å². The van der Waals surface area contributed by atoms with Gasteiger partial charge in [-0.25, -0.2) is 22.8 Å². The smallest absolute Gasteiger partial charge is 0.343 e. The van der Waals surface area contributed by atoms with Gasteiger partial charge in [0.25, 0.3) is 15.1 Å². The molecule has 0 heterocycles. The summed E-state index contributed by atoms with van der Waals surface area (Å²) in [5.74, 6) is -8.48. The zero-order valence-corrected chi connectivity index (χ0v) is 39.3. The number of carboxylic acid groups (broad SMARTS) is 4. The Morgan fingerprint density at radius 2 is 1.06 bits per heavy atom. The van der Waals surface area contributed by atoms with Gasteiger partial charge in [-0.1, -0.05) is 24.3 Å². The summed E-state index contributed by atoms with van der Waals surface area (Å²) in [6.07, 6.45) is -2.50. The quantitative estimate of drug-likeness (QED) is 0.0175. The summed E-state index contributed by atoms with van der Waals surface area (Å²) in [6.45, 7) is -3.69. The molecule has 0 radical (unpaired) electrons. The summed E-state index contributed by atoms with van der Waals surface area (Å²) < 4.78 is 81.4. The minimum atomic E-state index is -5.58. The number of nitrogens with zero attached hydrogens (tertiary/aromatic N) is 3. The number of carboxylic acids is 4. The van der Waals surface area contributed by atoms with Crippen LogP contribution in [0.2, 0.25) is 0 Å². The van der Waals surface area contributed by atoms with Crippen molar-refractivity contribution in [3.05, 3.63) is 119 Å². The second kappa shape index (κ2) is 25.0. The molecule has 0 spiro atoms. The molecule has 0 bridgehead atoms. The van der Waals surface area contributed by atoms with Gasteiger partial charge >= 0.3 is 35.8 Å². The Morgan fingerprint density at radius 1 is 0.614 bits per heavy atom. The number of ether oxygens (including phenoxy) is 4. The van der Waals surface area contributed by atoms with Crippen molar-refractivity contribution in [1.82, 2.24) is 18.2 Å². The first-order valence-electron chi connectivity index (χ1n) is 20.8. The van der Waals surface area contributed by atoms with E-state index in [2.05, 4.69) is 5.32 Å². The molecule has 2 atom stereocenters. The van der Waals surface area contributed by atoms with E-state index in [9.17, 15) is 60.9 Å². The average Bonchev–Trinajstić information content (AvgIpc) is 3.29. The van der Waals surface area contributed by atoms with Crippen LogP contribution in [-0.2, 0) is 62.0 Å². The summed E-state index contributed by atoms with van der Waals surface area (Å²) in [5, 5.41) is 41.6. The molecule has 9 N–H and O–H groups in total. The fraction of sp³-hybridized carbons (Fsp3) is 0.318. The first kappa shape index (κ1) is 55.6. The van der Waals surface area contributed by atoms with E-state index in [1.807, 2.05) is 0 Å². The highest BCUT2D eigenvalue weighted by Gasteiger charge is 2.63. The molecule has 0 aliphatic heterocycles. The molecular weight excluding hydrogens is 965 g/mol. The number of rotatable bonds is 29. The molecule has 4 rings (SSSR count). The summed E-state index contributed by atoms with van der Waals surface area (Å²) in [7, 11) is -8.98. The standard InChI is InChI=1S/C44H52N6O18S2/c1-48(27-29-3-15-35(16-4-29)67-41(57)31-7-11-33(45)12-8-31)69(61,62)44(43(59)60,26-39(53)54)50(20-22-66-24-23-65-21-19-47-37(40(55)56)25-38(51)52)70(63,64)49(2)28-30-5-17-36(18-6-30)68-42(58)32-9-13-34(46)14-10-32/h3-18,37,47H,19-28,45-46H2,1-2H3,(H,51,52)(H,53,54)(H,55,56)(H,59,60)/t37-,44-/m0/s1. The van der Waals surface area contributed by atoms with Crippen LogP contribution in [-0.4, -0.2) is 151 Å². The summed E-state index contributed by atoms with van der Waals surface area (Å²) in [6, 6.07) is 21.1. The number of carbonyl (C=O) groups is 6. The predicted molar refractivity (Wildman–Crippen MR) is 248 cm³/mol. The highest BCUT2D eigenvalue weighted by atomic mass is 32.2. The first-order valence-corrected chi connectivity index (χ1v) is 23.6. The number of aliphatic carboxylic acids is 4. The van der Waals surface area contributed by atoms with E-state index in [1.54, 1.807) is 0 Å². The second-order valence-electron chi connectivity index (χ2n) is 15.2. The zero-order valence-electron chi connectivity index (χ0n) is 37.7. The van der Waals surface area contributed by atoms with Gasteiger partial charge < -0.3 is 56.2 Å². The largest absolute Gasteiger partial charge is 0.481 e. The zero-order chi connectivity index (χ0) is 51.8. The van der Waals surface area contributed by atoms with Gasteiger partial charge in [-0.3, -0.25) is 14.4 Å². The topological polar surface area (TPSA) is 362 Å². The van der Waals surface area contributed by atoms with Crippen LogP contribution in [0.25, 0.3) is 0 Å². The number of nitrogens with two attached hydrogens (primary N) is 2. The number of anilines is 2. The maximum absolute atomic E-state index is 14.7. The highest BCUT2D eigenvalue weighted by molar-refractivity contribution is 7.93. The van der Waals surface area contributed by atoms with Crippen molar-refractivity contribution in [3.63, 3.8) is 0 Å². The second-order valence-corrected chi connectivity index (χ2v) is 19.4. The van der Waals surface area contributed by atoms with Crippen LogP contribution in [0.3, 0.4) is 0 Å². The lowest BCUT2D eigenvalue weighted by atomic mass is 10.2. The van der Waals surface area contributed by atoms with Gasteiger partial charge in [0.15, 0.2) is 0 Å². The molecule has 0 saturated heterocycles. The molecule has 4 aromatic rings. The van der Waals surface area contributed by atoms with Crippen molar-refractivity contribution >= 4 is 67.4 Å². The van der Waals surface area contributed by atoms with E-state index < -0.39 is 106 Å². The highest BCUT2D eigenvalue weighted by Crippen LogP contribution is 2.35. The van der Waals surface area contributed by atoms with Gasteiger partial charge in [-0.15, -0.1) is 0 Å².